The van der Waals surface area contributed by atoms with Crippen LogP contribution in [0.25, 0.3) is 11.3 Å². The summed E-state index contributed by atoms with van der Waals surface area (Å²) in [6.07, 6.45) is 6.56. The Morgan fingerprint density at radius 2 is 1.90 bits per heavy atom. The van der Waals surface area contributed by atoms with Crippen LogP contribution in [0, 0.1) is 6.92 Å². The van der Waals surface area contributed by atoms with Gasteiger partial charge in [-0.05, 0) is 43.7 Å². The zero-order valence-electron chi connectivity index (χ0n) is 15.9. The van der Waals surface area contributed by atoms with Crippen molar-refractivity contribution in [1.29, 1.82) is 0 Å². The van der Waals surface area contributed by atoms with E-state index < -0.39 is 0 Å². The Bertz CT molecular complexity index is 1160. The normalized spacial score (nSPS) is 11.9. The van der Waals surface area contributed by atoms with Gasteiger partial charge in [0.25, 0.3) is 0 Å². The number of halogens is 2. The Hall–Kier alpha value is -2.34. The van der Waals surface area contributed by atoms with Crippen molar-refractivity contribution in [3.63, 3.8) is 0 Å². The van der Waals surface area contributed by atoms with Crippen molar-refractivity contribution in [2.75, 3.05) is 0 Å². The minimum absolute atomic E-state index is 0.664. The second kappa shape index (κ2) is 8.99. The van der Waals surface area contributed by atoms with Crippen LogP contribution in [0.3, 0.4) is 0 Å². The summed E-state index contributed by atoms with van der Waals surface area (Å²) in [6.45, 7) is 3.77. The minimum Gasteiger partial charge on any atom is -0.337 e. The standard InChI is InChI=1S/C22H20Cl2N4S/c1-16-3-6-18(7-4-16)26-22-28(11-2-10-27-12-9-25-15-27)21(14-29-22)19-13-17(23)5-8-20(19)24/h3-9,12-15H,2,10-11H2,1H3. The van der Waals surface area contributed by atoms with Gasteiger partial charge >= 0.3 is 0 Å². The molecule has 0 atom stereocenters. The van der Waals surface area contributed by atoms with Crippen molar-refractivity contribution in [3.8, 4) is 11.3 Å². The first-order valence-corrected chi connectivity index (χ1v) is 10.9. The number of hydrogen-bond donors (Lipinski definition) is 0. The van der Waals surface area contributed by atoms with Crippen molar-refractivity contribution < 1.29 is 0 Å². The molecule has 7 heteroatoms. The molecular weight excluding hydrogens is 423 g/mol. The van der Waals surface area contributed by atoms with Gasteiger partial charge in [0.05, 0.1) is 22.7 Å². The van der Waals surface area contributed by atoms with Crippen LogP contribution in [0.15, 0.2) is 71.6 Å². The summed E-state index contributed by atoms with van der Waals surface area (Å²) in [5.41, 5.74) is 4.10. The number of rotatable bonds is 6. The maximum atomic E-state index is 6.49. The van der Waals surface area contributed by atoms with Crippen molar-refractivity contribution >= 4 is 40.2 Å². The van der Waals surface area contributed by atoms with Crippen LogP contribution in [0.4, 0.5) is 5.69 Å². The Labute approximate surface area is 183 Å². The predicted molar refractivity (Wildman–Crippen MR) is 121 cm³/mol. The fourth-order valence-electron chi connectivity index (χ4n) is 3.10. The largest absolute Gasteiger partial charge is 0.337 e. The van der Waals surface area contributed by atoms with Crippen LogP contribution >= 0.6 is 34.5 Å². The second-order valence-electron chi connectivity index (χ2n) is 6.78. The third-order valence-corrected chi connectivity index (χ3v) is 6.05. The van der Waals surface area contributed by atoms with E-state index in [1.54, 1.807) is 23.6 Å². The Morgan fingerprint density at radius 1 is 1.07 bits per heavy atom. The van der Waals surface area contributed by atoms with E-state index in [4.69, 9.17) is 28.2 Å². The minimum atomic E-state index is 0.664. The molecule has 0 saturated carbocycles. The van der Waals surface area contributed by atoms with Gasteiger partial charge in [0.1, 0.15) is 0 Å². The molecule has 4 rings (SSSR count). The summed E-state index contributed by atoms with van der Waals surface area (Å²) in [5.74, 6) is 0. The van der Waals surface area contributed by atoms with Crippen LogP contribution in [-0.2, 0) is 13.1 Å². The molecule has 0 aliphatic carbocycles. The van der Waals surface area contributed by atoms with Crippen LogP contribution in [0.2, 0.25) is 10.0 Å². The van der Waals surface area contributed by atoms with Crippen molar-refractivity contribution in [2.24, 2.45) is 4.99 Å². The molecule has 2 aromatic carbocycles. The molecule has 4 nitrogen and oxygen atoms in total. The Kier molecular flexibility index (Phi) is 6.19. The maximum Gasteiger partial charge on any atom is 0.190 e. The first-order chi connectivity index (χ1) is 14.1. The van der Waals surface area contributed by atoms with Gasteiger partial charge in [-0.15, -0.1) is 11.3 Å². The van der Waals surface area contributed by atoms with E-state index in [9.17, 15) is 0 Å². The van der Waals surface area contributed by atoms with E-state index in [1.165, 1.54) is 5.56 Å². The monoisotopic (exact) mass is 442 g/mol. The average molecular weight is 443 g/mol. The molecule has 0 bridgehead atoms. The molecule has 2 aromatic heterocycles. The number of hydrogen-bond acceptors (Lipinski definition) is 3. The molecule has 0 aliphatic rings. The molecule has 0 saturated heterocycles. The van der Waals surface area contributed by atoms with Gasteiger partial charge in [0.2, 0.25) is 0 Å². The molecule has 29 heavy (non-hydrogen) atoms. The first kappa shape index (κ1) is 20.0. The lowest BCUT2D eigenvalue weighted by Crippen LogP contribution is -2.17. The van der Waals surface area contributed by atoms with Crippen LogP contribution in [0.5, 0.6) is 0 Å². The Balaban J connectivity index is 1.73. The molecule has 0 N–H and O–H groups in total. The smallest absolute Gasteiger partial charge is 0.190 e. The van der Waals surface area contributed by atoms with Crippen LogP contribution < -0.4 is 4.80 Å². The lowest BCUT2D eigenvalue weighted by atomic mass is 10.1. The molecule has 148 valence electrons. The van der Waals surface area contributed by atoms with E-state index in [2.05, 4.69) is 38.6 Å². The number of aryl methyl sites for hydroxylation is 2. The van der Waals surface area contributed by atoms with Gasteiger partial charge in [-0.25, -0.2) is 9.98 Å². The van der Waals surface area contributed by atoms with Gasteiger partial charge in [0.15, 0.2) is 4.80 Å². The molecule has 0 radical (unpaired) electrons. The van der Waals surface area contributed by atoms with Crippen molar-refractivity contribution in [3.05, 3.63) is 87.0 Å². The summed E-state index contributed by atoms with van der Waals surface area (Å²) in [4.78, 5) is 9.93. The summed E-state index contributed by atoms with van der Waals surface area (Å²) < 4.78 is 4.30. The number of thiazole rings is 1. The average Bonchev–Trinajstić information content (AvgIpc) is 3.36. The SMILES string of the molecule is Cc1ccc(N=c2scc(-c3cc(Cl)ccc3Cl)n2CCCn2ccnc2)cc1. The molecular formula is C22H20Cl2N4S. The number of aromatic nitrogens is 3. The van der Waals surface area contributed by atoms with Crippen LogP contribution in [0.1, 0.15) is 12.0 Å². The van der Waals surface area contributed by atoms with Gasteiger partial charge in [-0.1, -0.05) is 40.9 Å². The number of imidazole rings is 1. The lowest BCUT2D eigenvalue weighted by Gasteiger charge is -2.11. The van der Waals surface area contributed by atoms with Crippen LogP contribution in [-0.4, -0.2) is 14.1 Å². The molecule has 0 unspecified atom stereocenters. The fraction of sp³-hybridized carbons (Fsp3) is 0.182. The topological polar surface area (TPSA) is 35.1 Å². The highest BCUT2D eigenvalue weighted by molar-refractivity contribution is 7.07. The fourth-order valence-corrected chi connectivity index (χ4v) is 4.44. The van der Waals surface area contributed by atoms with Gasteiger partial charge < -0.3 is 9.13 Å². The highest BCUT2D eigenvalue weighted by atomic mass is 35.5. The number of benzene rings is 2. The van der Waals surface area contributed by atoms with Gasteiger partial charge in [-0.2, -0.15) is 0 Å². The molecule has 0 amide bonds. The molecule has 0 fully saturated rings. The highest BCUT2D eigenvalue weighted by Gasteiger charge is 2.12. The maximum absolute atomic E-state index is 6.49. The zero-order valence-corrected chi connectivity index (χ0v) is 18.3. The molecule has 0 aliphatic heterocycles. The summed E-state index contributed by atoms with van der Waals surface area (Å²) in [6, 6.07) is 13.8. The van der Waals surface area contributed by atoms with Gasteiger partial charge in [0, 0.05) is 41.4 Å². The molecule has 2 heterocycles. The highest BCUT2D eigenvalue weighted by Crippen LogP contribution is 2.31. The molecule has 4 aromatic rings. The summed E-state index contributed by atoms with van der Waals surface area (Å²) in [5, 5.41) is 3.44. The van der Waals surface area contributed by atoms with E-state index in [-0.39, 0.29) is 0 Å². The van der Waals surface area contributed by atoms with E-state index in [0.717, 1.165) is 41.3 Å². The predicted octanol–water partition coefficient (Wildman–Crippen LogP) is 6.35. The first-order valence-electron chi connectivity index (χ1n) is 9.31. The number of nitrogens with zero attached hydrogens (tertiary/aromatic N) is 4. The third kappa shape index (κ3) is 4.81. The Morgan fingerprint density at radius 3 is 2.66 bits per heavy atom. The van der Waals surface area contributed by atoms with E-state index in [0.29, 0.717) is 10.0 Å². The van der Waals surface area contributed by atoms with Gasteiger partial charge in [-0.3, -0.25) is 0 Å². The quantitative estimate of drug-likeness (QED) is 0.342. The van der Waals surface area contributed by atoms with E-state index in [1.807, 2.05) is 36.8 Å². The molecule has 0 spiro atoms. The second-order valence-corrected chi connectivity index (χ2v) is 8.46. The summed E-state index contributed by atoms with van der Waals surface area (Å²) >= 11 is 14.3. The lowest BCUT2D eigenvalue weighted by molar-refractivity contribution is 0.559. The van der Waals surface area contributed by atoms with E-state index >= 15 is 0 Å². The van der Waals surface area contributed by atoms with Crippen molar-refractivity contribution in [2.45, 2.75) is 26.4 Å². The zero-order chi connectivity index (χ0) is 20.2. The van der Waals surface area contributed by atoms with Crippen molar-refractivity contribution in [1.82, 2.24) is 14.1 Å². The third-order valence-electron chi connectivity index (χ3n) is 4.62. The summed E-state index contributed by atoms with van der Waals surface area (Å²) in [7, 11) is 0.